The molecule has 0 spiro atoms. The molecule has 7 nitrogen and oxygen atoms in total. The van der Waals surface area contributed by atoms with Gasteiger partial charge in [-0.05, 0) is 54.9 Å². The highest BCUT2D eigenvalue weighted by atomic mass is 16.5. The molecule has 3 aromatic rings. The Bertz CT molecular complexity index is 992. The number of para-hydroxylation sites is 1. The van der Waals surface area contributed by atoms with Crippen molar-refractivity contribution in [2.75, 3.05) is 13.1 Å². The Hall–Kier alpha value is -3.45. The van der Waals surface area contributed by atoms with E-state index in [9.17, 15) is 4.79 Å². The number of nitrogens with zero attached hydrogens (tertiary/aromatic N) is 1. The second kappa shape index (κ2) is 8.28. The first-order valence-corrected chi connectivity index (χ1v) is 9.58. The van der Waals surface area contributed by atoms with Crippen molar-refractivity contribution in [3.05, 3.63) is 77.9 Å². The van der Waals surface area contributed by atoms with Crippen LogP contribution < -0.4 is 15.8 Å². The number of hydrogen-bond donors (Lipinski definition) is 4. The molecule has 1 aliphatic rings. The summed E-state index contributed by atoms with van der Waals surface area (Å²) in [6.07, 6.45) is 2.76. The van der Waals surface area contributed by atoms with Crippen molar-refractivity contribution in [2.24, 2.45) is 5.73 Å². The van der Waals surface area contributed by atoms with Gasteiger partial charge in [0.1, 0.15) is 23.2 Å². The monoisotopic (exact) mass is 389 g/mol. The quantitative estimate of drug-likeness (QED) is 0.465. The van der Waals surface area contributed by atoms with E-state index in [0.717, 1.165) is 31.0 Å². The van der Waals surface area contributed by atoms with E-state index in [0.29, 0.717) is 23.1 Å². The van der Waals surface area contributed by atoms with Crippen LogP contribution in [0.3, 0.4) is 0 Å². The van der Waals surface area contributed by atoms with Crippen molar-refractivity contribution in [1.29, 1.82) is 5.41 Å². The number of rotatable bonds is 7. The first-order chi connectivity index (χ1) is 14.1. The smallest absolute Gasteiger partial charge is 0.234 e. The topological polar surface area (TPSA) is 117 Å². The van der Waals surface area contributed by atoms with Crippen LogP contribution in [-0.2, 0) is 4.79 Å². The number of carbonyl (C=O) groups excluding carboxylic acids is 1. The number of benzene rings is 2. The minimum Gasteiger partial charge on any atom is -0.457 e. The molecule has 4 rings (SSSR count). The highest BCUT2D eigenvalue weighted by Gasteiger charge is 2.28. The summed E-state index contributed by atoms with van der Waals surface area (Å²) in [7, 11) is 0. The number of primary amides is 1. The third-order valence-electron chi connectivity index (χ3n) is 5.11. The summed E-state index contributed by atoms with van der Waals surface area (Å²) >= 11 is 0. The molecule has 1 fully saturated rings. The molecule has 2 atom stereocenters. The molecule has 2 heterocycles. The Kier molecular flexibility index (Phi) is 5.39. The highest BCUT2D eigenvalue weighted by molar-refractivity contribution is 6.14. The van der Waals surface area contributed by atoms with E-state index < -0.39 is 11.8 Å². The van der Waals surface area contributed by atoms with Crippen LogP contribution in [0, 0.1) is 5.41 Å². The molecule has 148 valence electrons. The van der Waals surface area contributed by atoms with E-state index in [4.69, 9.17) is 15.9 Å². The van der Waals surface area contributed by atoms with Crippen molar-refractivity contribution in [3.8, 4) is 11.5 Å². The number of nitrogens with one attached hydrogen (secondary N) is 3. The maximum Gasteiger partial charge on any atom is 0.234 e. The van der Waals surface area contributed by atoms with Gasteiger partial charge in [0.2, 0.25) is 5.91 Å². The molecule has 2 unspecified atom stereocenters. The fourth-order valence-electron chi connectivity index (χ4n) is 3.53. The molecule has 7 heteroatoms. The third-order valence-corrected chi connectivity index (χ3v) is 5.11. The van der Waals surface area contributed by atoms with Gasteiger partial charge in [-0.25, -0.2) is 4.98 Å². The summed E-state index contributed by atoms with van der Waals surface area (Å²) in [5.74, 6) is 0.596. The number of imidazole rings is 1. The van der Waals surface area contributed by atoms with Gasteiger partial charge in [0.15, 0.2) is 0 Å². The van der Waals surface area contributed by atoms with Gasteiger partial charge >= 0.3 is 0 Å². The van der Waals surface area contributed by atoms with Gasteiger partial charge in [0.05, 0.1) is 5.71 Å². The molecule has 1 saturated heterocycles. The molecule has 1 aromatic heterocycles. The lowest BCUT2D eigenvalue weighted by molar-refractivity contribution is -0.118. The van der Waals surface area contributed by atoms with Crippen LogP contribution in [0.4, 0.5) is 0 Å². The second-order valence-corrected chi connectivity index (χ2v) is 7.10. The zero-order chi connectivity index (χ0) is 20.2. The van der Waals surface area contributed by atoms with Gasteiger partial charge in [0, 0.05) is 24.4 Å². The number of H-pyrrole nitrogens is 1. The van der Waals surface area contributed by atoms with Crippen LogP contribution in [0.25, 0.3) is 0 Å². The average Bonchev–Trinajstić information content (AvgIpc) is 3.41. The Morgan fingerprint density at radius 3 is 2.52 bits per heavy atom. The summed E-state index contributed by atoms with van der Waals surface area (Å²) in [6.45, 7) is 1.84. The zero-order valence-corrected chi connectivity index (χ0v) is 15.9. The van der Waals surface area contributed by atoms with Gasteiger partial charge in [-0.3, -0.25) is 4.79 Å². The number of nitrogens with two attached hydrogens (primary N) is 1. The summed E-state index contributed by atoms with van der Waals surface area (Å²) < 4.78 is 5.78. The highest BCUT2D eigenvalue weighted by Crippen LogP contribution is 2.26. The average molecular weight is 389 g/mol. The molecule has 29 heavy (non-hydrogen) atoms. The van der Waals surface area contributed by atoms with Crippen LogP contribution in [0.2, 0.25) is 0 Å². The lowest BCUT2D eigenvalue weighted by atomic mass is 9.95. The first-order valence-electron chi connectivity index (χ1n) is 9.58. The lowest BCUT2D eigenvalue weighted by Crippen LogP contribution is -2.29. The van der Waals surface area contributed by atoms with E-state index >= 15 is 0 Å². The van der Waals surface area contributed by atoms with Crippen LogP contribution in [0.15, 0.2) is 60.8 Å². The number of ether oxygens (including phenoxy) is 1. The fourth-order valence-corrected chi connectivity index (χ4v) is 3.53. The molecule has 0 aliphatic carbocycles. The molecule has 1 amide bonds. The predicted molar refractivity (Wildman–Crippen MR) is 111 cm³/mol. The van der Waals surface area contributed by atoms with E-state index in [1.54, 1.807) is 30.5 Å². The summed E-state index contributed by atoms with van der Waals surface area (Å²) in [5.41, 5.74) is 7.29. The standard InChI is InChI=1S/C22H23N5O2/c23-20(14-6-8-17(9-7-14)29-16-4-2-1-3-5-16)19(21(24)28)22-26-13-18(27-22)15-10-11-25-12-15/h1-9,13,15,19,23,25H,10-12H2,(H2,24,28)(H,26,27). The van der Waals surface area contributed by atoms with Crippen LogP contribution >= 0.6 is 0 Å². The van der Waals surface area contributed by atoms with Crippen molar-refractivity contribution in [3.63, 3.8) is 0 Å². The van der Waals surface area contributed by atoms with E-state index in [-0.39, 0.29) is 5.71 Å². The first kappa shape index (κ1) is 18.9. The molecule has 5 N–H and O–H groups in total. The molecule has 0 radical (unpaired) electrons. The molecule has 1 aliphatic heterocycles. The Morgan fingerprint density at radius 2 is 1.86 bits per heavy atom. The lowest BCUT2D eigenvalue weighted by Gasteiger charge is -2.14. The van der Waals surface area contributed by atoms with Gasteiger partial charge < -0.3 is 26.2 Å². The Morgan fingerprint density at radius 1 is 1.14 bits per heavy atom. The minimum absolute atomic E-state index is 0.106. The number of carbonyl (C=O) groups is 1. The van der Waals surface area contributed by atoms with Crippen LogP contribution in [0.5, 0.6) is 11.5 Å². The van der Waals surface area contributed by atoms with Crippen molar-refractivity contribution >= 4 is 11.6 Å². The maximum absolute atomic E-state index is 12.1. The number of aromatic nitrogens is 2. The minimum atomic E-state index is -0.931. The van der Waals surface area contributed by atoms with Crippen LogP contribution in [0.1, 0.15) is 35.3 Å². The van der Waals surface area contributed by atoms with Crippen LogP contribution in [-0.4, -0.2) is 34.7 Å². The molecule has 0 saturated carbocycles. The zero-order valence-electron chi connectivity index (χ0n) is 15.9. The third kappa shape index (κ3) is 4.20. The van der Waals surface area contributed by atoms with Crippen molar-refractivity contribution in [1.82, 2.24) is 15.3 Å². The largest absolute Gasteiger partial charge is 0.457 e. The molecule has 2 aromatic carbocycles. The second-order valence-electron chi connectivity index (χ2n) is 7.10. The molecular weight excluding hydrogens is 366 g/mol. The Labute approximate surface area is 168 Å². The van der Waals surface area contributed by atoms with Gasteiger partial charge in [-0.2, -0.15) is 0 Å². The molecular formula is C22H23N5O2. The van der Waals surface area contributed by atoms with Gasteiger partial charge in [-0.15, -0.1) is 0 Å². The number of aromatic amines is 1. The molecule has 0 bridgehead atoms. The SMILES string of the molecule is N=C(c1ccc(Oc2ccccc2)cc1)C(C(N)=O)c1ncc(C2CCNC2)[nH]1. The van der Waals surface area contributed by atoms with E-state index in [2.05, 4.69) is 15.3 Å². The van der Waals surface area contributed by atoms with E-state index in [1.165, 1.54) is 0 Å². The van der Waals surface area contributed by atoms with E-state index in [1.807, 2.05) is 30.3 Å². The van der Waals surface area contributed by atoms with Crippen molar-refractivity contribution < 1.29 is 9.53 Å². The van der Waals surface area contributed by atoms with Gasteiger partial charge in [-0.1, -0.05) is 18.2 Å². The van der Waals surface area contributed by atoms with Crippen molar-refractivity contribution in [2.45, 2.75) is 18.3 Å². The fraction of sp³-hybridized carbons (Fsp3) is 0.227. The number of hydrogen-bond acceptors (Lipinski definition) is 5. The Balaban J connectivity index is 1.52. The van der Waals surface area contributed by atoms with Gasteiger partial charge in [0.25, 0.3) is 0 Å². The summed E-state index contributed by atoms with van der Waals surface area (Å²) in [5, 5.41) is 11.9. The summed E-state index contributed by atoms with van der Waals surface area (Å²) in [4.78, 5) is 19.7. The summed E-state index contributed by atoms with van der Waals surface area (Å²) in [6, 6.07) is 16.5. The normalized spacial score (nSPS) is 17.0. The number of amides is 1. The predicted octanol–water partition coefficient (Wildman–Crippen LogP) is 2.92. The maximum atomic E-state index is 12.1.